The molecule has 5 heterocycles. The summed E-state index contributed by atoms with van der Waals surface area (Å²) in [6.45, 7) is 2.22. The summed E-state index contributed by atoms with van der Waals surface area (Å²) in [7, 11) is 0. The number of anilines is 2. The number of carbonyl (C=O) groups is 1. The molecule has 31 heavy (non-hydrogen) atoms. The number of nitrogens with zero attached hydrogens (tertiary/aromatic N) is 4. The molecule has 0 aliphatic carbocycles. The van der Waals surface area contributed by atoms with Crippen LogP contribution in [0.15, 0.2) is 30.6 Å². The van der Waals surface area contributed by atoms with Gasteiger partial charge in [-0.1, -0.05) is 0 Å². The Kier molecular flexibility index (Phi) is 4.84. The van der Waals surface area contributed by atoms with Crippen LogP contribution in [0.5, 0.6) is 11.5 Å². The van der Waals surface area contributed by atoms with E-state index in [1.165, 1.54) is 0 Å². The molecule has 4 aliphatic heterocycles. The minimum absolute atomic E-state index is 0.0917. The average molecular weight is 435 g/mol. The summed E-state index contributed by atoms with van der Waals surface area (Å²) >= 11 is 0. The van der Waals surface area contributed by atoms with Crippen LogP contribution in [0.2, 0.25) is 0 Å². The van der Waals surface area contributed by atoms with E-state index in [2.05, 4.69) is 20.2 Å². The maximum atomic E-state index is 12.9. The smallest absolute Gasteiger partial charge is 0.433 e. The van der Waals surface area contributed by atoms with Crippen molar-refractivity contribution in [2.45, 2.75) is 24.7 Å². The number of benzene rings is 1. The number of alkyl halides is 3. The first-order valence-corrected chi connectivity index (χ1v) is 9.96. The van der Waals surface area contributed by atoms with Gasteiger partial charge in [0.1, 0.15) is 31.1 Å². The molecule has 1 amide bonds. The molecule has 0 radical (unpaired) electrons. The quantitative estimate of drug-likeness (QED) is 0.789. The number of halogens is 3. The van der Waals surface area contributed by atoms with Crippen LogP contribution in [-0.4, -0.2) is 65.7 Å². The molecule has 0 spiro atoms. The molecule has 6 rings (SSSR count). The van der Waals surface area contributed by atoms with E-state index >= 15 is 0 Å². The van der Waals surface area contributed by atoms with E-state index < -0.39 is 11.9 Å². The third-order valence-electron chi connectivity index (χ3n) is 5.76. The first kappa shape index (κ1) is 19.9. The van der Waals surface area contributed by atoms with Gasteiger partial charge >= 0.3 is 6.18 Å². The Morgan fingerprint density at radius 2 is 1.84 bits per heavy atom. The van der Waals surface area contributed by atoms with Crippen molar-refractivity contribution in [1.29, 1.82) is 0 Å². The van der Waals surface area contributed by atoms with Crippen LogP contribution in [0.1, 0.15) is 12.1 Å². The van der Waals surface area contributed by atoms with Crippen LogP contribution in [0.3, 0.4) is 0 Å². The second-order valence-corrected chi connectivity index (χ2v) is 7.79. The van der Waals surface area contributed by atoms with Crippen LogP contribution in [0.4, 0.5) is 24.7 Å². The Balaban J connectivity index is 1.19. The van der Waals surface area contributed by atoms with Crippen molar-refractivity contribution < 1.29 is 27.4 Å². The third kappa shape index (κ3) is 3.97. The molecule has 164 valence electrons. The standard InChI is InChI=1S/C20H20F3N5O3/c21-20(22,23)17-7-18(25-11-24-17)27-8-13-6-14(9-27)28(13)10-19(29)26-12-1-2-15-16(5-12)31-4-3-30-15/h1-2,5,7,11,13-14H,3-4,6,8-10H2,(H,26,29). The number of hydrogen-bond donors (Lipinski definition) is 1. The van der Waals surface area contributed by atoms with Gasteiger partial charge in [0, 0.05) is 43.0 Å². The van der Waals surface area contributed by atoms with E-state index in [0.29, 0.717) is 43.5 Å². The van der Waals surface area contributed by atoms with Gasteiger partial charge in [0.2, 0.25) is 5.91 Å². The van der Waals surface area contributed by atoms with Gasteiger partial charge < -0.3 is 19.7 Å². The van der Waals surface area contributed by atoms with Crippen LogP contribution in [0, 0.1) is 0 Å². The summed E-state index contributed by atoms with van der Waals surface area (Å²) < 4.78 is 49.8. The summed E-state index contributed by atoms with van der Waals surface area (Å²) in [6, 6.07) is 6.42. The molecule has 3 fully saturated rings. The molecule has 2 atom stereocenters. The number of piperazine rings is 1. The SMILES string of the molecule is O=C(CN1C2CC1CN(c1cc(C(F)(F)F)ncn1)C2)Nc1ccc2c(c1)OCCO2. The summed E-state index contributed by atoms with van der Waals surface area (Å²) in [5.74, 6) is 1.36. The zero-order valence-corrected chi connectivity index (χ0v) is 16.4. The van der Waals surface area contributed by atoms with E-state index in [1.807, 2.05) is 4.90 Å². The van der Waals surface area contributed by atoms with E-state index in [4.69, 9.17) is 9.47 Å². The van der Waals surface area contributed by atoms with Gasteiger partial charge in [0.05, 0.1) is 6.54 Å². The van der Waals surface area contributed by atoms with Gasteiger partial charge in [-0.15, -0.1) is 0 Å². The normalized spacial score (nSPS) is 22.6. The average Bonchev–Trinajstić information content (AvgIpc) is 2.77. The lowest BCUT2D eigenvalue weighted by atomic mass is 9.87. The Bertz CT molecular complexity index is 990. The van der Waals surface area contributed by atoms with Crippen molar-refractivity contribution in [1.82, 2.24) is 14.9 Å². The van der Waals surface area contributed by atoms with Crippen LogP contribution in [-0.2, 0) is 11.0 Å². The van der Waals surface area contributed by atoms with Gasteiger partial charge in [-0.3, -0.25) is 9.69 Å². The molecule has 11 heteroatoms. The molecule has 0 saturated carbocycles. The van der Waals surface area contributed by atoms with Crippen LogP contribution < -0.4 is 19.7 Å². The number of hydrogen-bond acceptors (Lipinski definition) is 7. The number of carbonyl (C=O) groups excluding carboxylic acids is 1. The number of aromatic nitrogens is 2. The van der Waals surface area contributed by atoms with Crippen LogP contribution in [0.25, 0.3) is 0 Å². The lowest BCUT2D eigenvalue weighted by Gasteiger charge is -2.56. The maximum Gasteiger partial charge on any atom is 0.433 e. The number of fused-ring (bicyclic) bond motifs is 3. The number of rotatable bonds is 4. The summed E-state index contributed by atoms with van der Waals surface area (Å²) in [5.41, 5.74) is -0.324. The number of piperidine rings is 1. The highest BCUT2D eigenvalue weighted by Crippen LogP contribution is 2.36. The van der Waals surface area contributed by atoms with Gasteiger partial charge in [0.25, 0.3) is 0 Å². The topological polar surface area (TPSA) is 79.8 Å². The van der Waals surface area contributed by atoms with Crippen molar-refractivity contribution in [3.63, 3.8) is 0 Å². The molecule has 2 bridgehead atoms. The summed E-state index contributed by atoms with van der Waals surface area (Å²) in [6.07, 6.45) is -2.66. The highest BCUT2D eigenvalue weighted by molar-refractivity contribution is 5.92. The van der Waals surface area contributed by atoms with Crippen molar-refractivity contribution in [3.05, 3.63) is 36.3 Å². The lowest BCUT2D eigenvalue weighted by molar-refractivity contribution is -0.141. The zero-order valence-electron chi connectivity index (χ0n) is 16.4. The number of amides is 1. The monoisotopic (exact) mass is 435 g/mol. The molecule has 3 saturated heterocycles. The Morgan fingerprint density at radius 1 is 1.10 bits per heavy atom. The predicted octanol–water partition coefficient (Wildman–Crippen LogP) is 2.17. The first-order valence-electron chi connectivity index (χ1n) is 9.96. The molecule has 2 aromatic rings. The predicted molar refractivity (Wildman–Crippen MR) is 104 cm³/mol. The molecular formula is C20H20F3N5O3. The fraction of sp³-hybridized carbons (Fsp3) is 0.450. The van der Waals surface area contributed by atoms with Crippen LogP contribution >= 0.6 is 0 Å². The molecular weight excluding hydrogens is 415 g/mol. The second kappa shape index (κ2) is 7.56. The summed E-state index contributed by atoms with van der Waals surface area (Å²) in [5, 5.41) is 2.87. The van der Waals surface area contributed by atoms with E-state index in [0.717, 1.165) is 18.8 Å². The highest BCUT2D eigenvalue weighted by Gasteiger charge is 2.46. The Hall–Kier alpha value is -3.08. The van der Waals surface area contributed by atoms with Crippen molar-refractivity contribution in [2.75, 3.05) is 43.1 Å². The third-order valence-corrected chi connectivity index (χ3v) is 5.76. The number of ether oxygens (including phenoxy) is 2. The van der Waals surface area contributed by atoms with Crippen molar-refractivity contribution >= 4 is 17.4 Å². The van der Waals surface area contributed by atoms with Gasteiger partial charge in [0.15, 0.2) is 11.5 Å². The van der Waals surface area contributed by atoms with Gasteiger partial charge in [-0.2, -0.15) is 13.2 Å². The fourth-order valence-corrected chi connectivity index (χ4v) is 4.29. The lowest BCUT2D eigenvalue weighted by Crippen LogP contribution is -2.69. The van der Waals surface area contributed by atoms with E-state index in [-0.39, 0.29) is 30.4 Å². The Morgan fingerprint density at radius 3 is 2.58 bits per heavy atom. The molecule has 1 aromatic carbocycles. The largest absolute Gasteiger partial charge is 0.486 e. The Labute approximate surface area is 176 Å². The fourth-order valence-electron chi connectivity index (χ4n) is 4.29. The molecule has 4 aliphatic rings. The van der Waals surface area contributed by atoms with Crippen molar-refractivity contribution in [3.8, 4) is 11.5 Å². The second-order valence-electron chi connectivity index (χ2n) is 7.79. The molecule has 1 aromatic heterocycles. The summed E-state index contributed by atoms with van der Waals surface area (Å²) in [4.78, 5) is 23.8. The van der Waals surface area contributed by atoms with Crippen molar-refractivity contribution in [2.24, 2.45) is 0 Å². The first-order chi connectivity index (χ1) is 14.9. The highest BCUT2D eigenvalue weighted by atomic mass is 19.4. The minimum Gasteiger partial charge on any atom is -0.486 e. The van der Waals surface area contributed by atoms with Gasteiger partial charge in [-0.05, 0) is 18.6 Å². The molecule has 1 N–H and O–H groups in total. The van der Waals surface area contributed by atoms with Gasteiger partial charge in [-0.25, -0.2) is 9.97 Å². The number of nitrogens with one attached hydrogen (secondary N) is 1. The molecule has 8 nitrogen and oxygen atoms in total. The molecule has 2 unspecified atom stereocenters. The van der Waals surface area contributed by atoms with E-state index in [9.17, 15) is 18.0 Å². The zero-order chi connectivity index (χ0) is 21.6. The minimum atomic E-state index is -4.51. The van der Waals surface area contributed by atoms with E-state index in [1.54, 1.807) is 18.2 Å². The maximum absolute atomic E-state index is 12.9.